The van der Waals surface area contributed by atoms with Crippen LogP contribution in [0.2, 0.25) is 0 Å². The number of ether oxygens (including phenoxy) is 2. The third-order valence-corrected chi connectivity index (χ3v) is 7.22. The molecule has 5 nitrogen and oxygen atoms in total. The predicted molar refractivity (Wildman–Crippen MR) is 125 cm³/mol. The van der Waals surface area contributed by atoms with Gasteiger partial charge in [0.2, 0.25) is 0 Å². The average molecular weight is 444 g/mol. The second kappa shape index (κ2) is 9.43. The highest BCUT2D eigenvalue weighted by Gasteiger charge is 2.34. The number of hydrogen-bond acceptors (Lipinski definition) is 5. The lowest BCUT2D eigenvalue weighted by molar-refractivity contribution is -0.118. The maximum absolute atomic E-state index is 12.6. The van der Waals surface area contributed by atoms with Crippen molar-refractivity contribution >= 4 is 28.2 Å². The Morgan fingerprint density at radius 1 is 1.19 bits per heavy atom. The van der Waals surface area contributed by atoms with E-state index >= 15 is 0 Å². The number of methoxy groups -OCH3 is 1. The molecule has 0 spiro atoms. The summed E-state index contributed by atoms with van der Waals surface area (Å²) in [6.45, 7) is 10.9. The Balaban J connectivity index is 1.72. The summed E-state index contributed by atoms with van der Waals surface area (Å²) in [5.74, 6) is 0.948. The fourth-order valence-corrected chi connectivity index (χ4v) is 5.32. The molecule has 1 heterocycles. The Kier molecular flexibility index (Phi) is 7.10. The molecular weight excluding hydrogens is 410 g/mol. The minimum Gasteiger partial charge on any atom is -0.484 e. The normalized spacial score (nSPS) is 16.0. The van der Waals surface area contributed by atoms with Crippen molar-refractivity contribution in [2.75, 3.05) is 19.0 Å². The first-order valence-electron chi connectivity index (χ1n) is 10.9. The Morgan fingerprint density at radius 2 is 1.87 bits per heavy atom. The standard InChI is InChI=1S/C25H33NO4S/c1-15(2)16-7-10-18(11-8-16)30-14-21(27)26-23-22(24(28)29-6)19-12-9-17(25(3,4)5)13-20(19)31-23/h7-8,10-11,15,17H,9,12-14H2,1-6H3,(H,26,27). The van der Waals surface area contributed by atoms with Crippen LogP contribution in [0.15, 0.2) is 24.3 Å². The predicted octanol–water partition coefficient (Wildman–Crippen LogP) is 5.83. The average Bonchev–Trinajstić information content (AvgIpc) is 3.08. The molecular formula is C25H33NO4S. The van der Waals surface area contributed by atoms with Gasteiger partial charge in [-0.05, 0) is 59.8 Å². The first-order valence-corrected chi connectivity index (χ1v) is 11.7. The molecule has 0 fully saturated rings. The molecule has 1 unspecified atom stereocenters. The van der Waals surface area contributed by atoms with Crippen LogP contribution in [-0.2, 0) is 22.4 Å². The van der Waals surface area contributed by atoms with Gasteiger partial charge in [-0.3, -0.25) is 4.79 Å². The summed E-state index contributed by atoms with van der Waals surface area (Å²) in [5.41, 5.74) is 2.95. The van der Waals surface area contributed by atoms with Crippen molar-refractivity contribution < 1.29 is 19.1 Å². The third-order valence-electron chi connectivity index (χ3n) is 6.05. The Morgan fingerprint density at radius 3 is 2.45 bits per heavy atom. The number of amides is 1. The first kappa shape index (κ1) is 23.3. The smallest absolute Gasteiger partial charge is 0.341 e. The van der Waals surface area contributed by atoms with Crippen molar-refractivity contribution in [3.05, 3.63) is 45.8 Å². The third kappa shape index (κ3) is 5.48. The van der Waals surface area contributed by atoms with Crippen LogP contribution >= 0.6 is 11.3 Å². The van der Waals surface area contributed by atoms with E-state index in [1.165, 1.54) is 28.9 Å². The second-order valence-electron chi connectivity index (χ2n) is 9.57. The Labute approximate surface area is 189 Å². The number of fused-ring (bicyclic) bond motifs is 1. The molecule has 0 radical (unpaired) electrons. The number of anilines is 1. The van der Waals surface area contributed by atoms with Crippen LogP contribution in [0.4, 0.5) is 5.00 Å². The van der Waals surface area contributed by atoms with E-state index in [0.29, 0.717) is 28.1 Å². The molecule has 1 aliphatic rings. The Bertz CT molecular complexity index is 938. The van der Waals surface area contributed by atoms with Gasteiger partial charge in [0, 0.05) is 4.88 Å². The summed E-state index contributed by atoms with van der Waals surface area (Å²) in [6, 6.07) is 7.76. The summed E-state index contributed by atoms with van der Waals surface area (Å²) in [4.78, 5) is 26.2. The number of rotatable bonds is 6. The number of carbonyl (C=O) groups is 2. The quantitative estimate of drug-likeness (QED) is 0.571. The largest absolute Gasteiger partial charge is 0.484 e. The monoisotopic (exact) mass is 443 g/mol. The van der Waals surface area contributed by atoms with Gasteiger partial charge in [-0.2, -0.15) is 0 Å². The van der Waals surface area contributed by atoms with Crippen LogP contribution in [0.3, 0.4) is 0 Å². The number of thiophene rings is 1. The first-order chi connectivity index (χ1) is 14.6. The van der Waals surface area contributed by atoms with E-state index in [4.69, 9.17) is 9.47 Å². The van der Waals surface area contributed by atoms with Crippen molar-refractivity contribution in [2.24, 2.45) is 11.3 Å². The fraction of sp³-hybridized carbons (Fsp3) is 0.520. The zero-order valence-electron chi connectivity index (χ0n) is 19.3. The van der Waals surface area contributed by atoms with Crippen LogP contribution < -0.4 is 10.1 Å². The van der Waals surface area contributed by atoms with E-state index in [1.807, 2.05) is 24.3 Å². The molecule has 1 aromatic heterocycles. The van der Waals surface area contributed by atoms with Gasteiger partial charge < -0.3 is 14.8 Å². The molecule has 6 heteroatoms. The van der Waals surface area contributed by atoms with E-state index in [0.717, 1.165) is 24.8 Å². The Hall–Kier alpha value is -2.34. The molecule has 2 aromatic rings. The van der Waals surface area contributed by atoms with Gasteiger partial charge in [-0.15, -0.1) is 11.3 Å². The number of benzene rings is 1. The van der Waals surface area contributed by atoms with Crippen LogP contribution in [-0.4, -0.2) is 25.6 Å². The minimum atomic E-state index is -0.396. The van der Waals surface area contributed by atoms with Crippen LogP contribution in [0, 0.1) is 11.3 Å². The highest BCUT2D eigenvalue weighted by molar-refractivity contribution is 7.17. The van der Waals surface area contributed by atoms with E-state index in [2.05, 4.69) is 39.9 Å². The lowest BCUT2D eigenvalue weighted by Crippen LogP contribution is -2.26. The lowest BCUT2D eigenvalue weighted by Gasteiger charge is -2.33. The van der Waals surface area contributed by atoms with Gasteiger partial charge in [0.25, 0.3) is 5.91 Å². The molecule has 1 atom stereocenters. The number of nitrogens with one attached hydrogen (secondary N) is 1. The van der Waals surface area contributed by atoms with Gasteiger partial charge in [-0.1, -0.05) is 46.8 Å². The fourth-order valence-electron chi connectivity index (χ4n) is 3.99. The summed E-state index contributed by atoms with van der Waals surface area (Å²) < 4.78 is 10.7. The maximum atomic E-state index is 12.6. The summed E-state index contributed by atoms with van der Waals surface area (Å²) in [6.07, 6.45) is 2.77. The summed E-state index contributed by atoms with van der Waals surface area (Å²) in [7, 11) is 1.38. The van der Waals surface area contributed by atoms with E-state index in [9.17, 15) is 9.59 Å². The molecule has 31 heavy (non-hydrogen) atoms. The molecule has 1 amide bonds. The van der Waals surface area contributed by atoms with Gasteiger partial charge in [-0.25, -0.2) is 4.79 Å². The maximum Gasteiger partial charge on any atom is 0.341 e. The summed E-state index contributed by atoms with van der Waals surface area (Å²) >= 11 is 1.49. The molecule has 1 N–H and O–H groups in total. The summed E-state index contributed by atoms with van der Waals surface area (Å²) in [5, 5.41) is 3.46. The topological polar surface area (TPSA) is 64.6 Å². The highest BCUT2D eigenvalue weighted by Crippen LogP contribution is 2.44. The van der Waals surface area contributed by atoms with Crippen molar-refractivity contribution in [1.82, 2.24) is 0 Å². The number of carbonyl (C=O) groups excluding carboxylic acids is 2. The molecule has 0 aliphatic heterocycles. The van der Waals surface area contributed by atoms with Gasteiger partial charge in [0.15, 0.2) is 6.61 Å². The molecule has 1 aliphatic carbocycles. The van der Waals surface area contributed by atoms with Crippen LogP contribution in [0.1, 0.15) is 73.3 Å². The SMILES string of the molecule is COC(=O)c1c(NC(=O)COc2ccc(C(C)C)cc2)sc2c1CCC(C(C)(C)C)C2. The van der Waals surface area contributed by atoms with Gasteiger partial charge in [0.05, 0.1) is 12.7 Å². The van der Waals surface area contributed by atoms with Crippen LogP contribution in [0.25, 0.3) is 0 Å². The van der Waals surface area contributed by atoms with Gasteiger partial charge in [0.1, 0.15) is 10.8 Å². The molecule has 0 saturated heterocycles. The zero-order chi connectivity index (χ0) is 22.8. The number of esters is 1. The highest BCUT2D eigenvalue weighted by atomic mass is 32.1. The molecule has 0 bridgehead atoms. The number of hydrogen-bond donors (Lipinski definition) is 1. The van der Waals surface area contributed by atoms with Crippen molar-refractivity contribution in [2.45, 2.75) is 59.8 Å². The zero-order valence-corrected chi connectivity index (χ0v) is 20.2. The van der Waals surface area contributed by atoms with E-state index in [1.54, 1.807) is 0 Å². The molecule has 168 valence electrons. The molecule has 0 saturated carbocycles. The van der Waals surface area contributed by atoms with Gasteiger partial charge >= 0.3 is 5.97 Å². The van der Waals surface area contributed by atoms with Crippen LogP contribution in [0.5, 0.6) is 5.75 Å². The second-order valence-corrected chi connectivity index (χ2v) is 10.7. The van der Waals surface area contributed by atoms with E-state index < -0.39 is 5.97 Å². The molecule has 1 aromatic carbocycles. The minimum absolute atomic E-state index is 0.116. The van der Waals surface area contributed by atoms with Crippen molar-refractivity contribution in [1.29, 1.82) is 0 Å². The van der Waals surface area contributed by atoms with Crippen molar-refractivity contribution in [3.8, 4) is 5.75 Å². The molecule has 3 rings (SSSR count). The lowest BCUT2D eigenvalue weighted by atomic mass is 9.72. The van der Waals surface area contributed by atoms with E-state index in [-0.39, 0.29) is 17.9 Å². The van der Waals surface area contributed by atoms with Crippen molar-refractivity contribution in [3.63, 3.8) is 0 Å².